The Labute approximate surface area is 348 Å². The molecule has 4 aromatic carbocycles. The molecule has 60 heavy (non-hydrogen) atoms. The van der Waals surface area contributed by atoms with Crippen molar-refractivity contribution in [3.05, 3.63) is 119 Å². The van der Waals surface area contributed by atoms with Crippen molar-refractivity contribution in [3.63, 3.8) is 0 Å². The number of carbonyl (C=O) groups is 6. The summed E-state index contributed by atoms with van der Waals surface area (Å²) in [6, 6.07) is 31.8. The van der Waals surface area contributed by atoms with Crippen LogP contribution in [0.5, 0.6) is 0 Å². The summed E-state index contributed by atoms with van der Waals surface area (Å²) in [6.07, 6.45) is 3.66. The zero-order chi connectivity index (χ0) is 41.8. The number of carbonyl (C=O) groups excluding carboxylic acids is 6. The summed E-state index contributed by atoms with van der Waals surface area (Å²) in [7, 11) is 0. The van der Waals surface area contributed by atoms with Crippen molar-refractivity contribution in [3.8, 4) is 22.3 Å². The highest BCUT2D eigenvalue weighted by Gasteiger charge is 2.36. The first kappa shape index (κ1) is 41.8. The van der Waals surface area contributed by atoms with E-state index in [2.05, 4.69) is 10.6 Å². The molecule has 0 aromatic heterocycles. The molecule has 4 heterocycles. The second-order valence-electron chi connectivity index (χ2n) is 14.8. The van der Waals surface area contributed by atoms with Gasteiger partial charge in [0.1, 0.15) is 13.2 Å². The zero-order valence-electron chi connectivity index (χ0n) is 33.3. The number of fused-ring (bicyclic) bond motifs is 6. The number of nitrogens with one attached hydrogen (secondary N) is 2. The molecule has 4 fully saturated rings. The van der Waals surface area contributed by atoms with Gasteiger partial charge in [0.15, 0.2) is 0 Å². The number of hydrogen-bond acceptors (Lipinski definition) is 12. The van der Waals surface area contributed by atoms with Crippen molar-refractivity contribution < 1.29 is 47.9 Å². The van der Waals surface area contributed by atoms with Gasteiger partial charge in [-0.3, -0.25) is 28.9 Å². The fraction of sp³-hybridized carbons (Fsp3) is 0.348. The van der Waals surface area contributed by atoms with Crippen molar-refractivity contribution in [2.45, 2.75) is 63.2 Å². The van der Waals surface area contributed by atoms with Gasteiger partial charge in [-0.15, -0.1) is 0 Å². The van der Waals surface area contributed by atoms with E-state index in [0.717, 1.165) is 44.5 Å². The number of benzene rings is 4. The van der Waals surface area contributed by atoms with Crippen LogP contribution in [0, 0.1) is 0 Å². The SMILES string of the molecule is C1CCNC1.C1CCNC1.O=C(OCC1c2ccccc2-c2ccccc21)ON1C(=O)CCC1=O.O=C(OCC1c2ccccc2-c2ccccc21)ON1C(=O)CCC1=O. The van der Waals surface area contributed by atoms with Gasteiger partial charge in [0.2, 0.25) is 0 Å². The van der Waals surface area contributed by atoms with Crippen LogP contribution in [0.3, 0.4) is 0 Å². The molecule has 4 aliphatic heterocycles. The summed E-state index contributed by atoms with van der Waals surface area (Å²) in [5.41, 5.74) is 8.76. The number of rotatable bonds is 6. The first-order valence-corrected chi connectivity index (χ1v) is 20.5. The Morgan fingerprint density at radius 3 is 0.967 bits per heavy atom. The third-order valence-electron chi connectivity index (χ3n) is 10.9. The molecule has 0 spiro atoms. The third-order valence-corrected chi connectivity index (χ3v) is 10.9. The minimum atomic E-state index is -1.05. The van der Waals surface area contributed by atoms with Crippen LogP contribution < -0.4 is 10.6 Å². The summed E-state index contributed by atoms with van der Waals surface area (Å²) in [5, 5.41) is 7.41. The minimum absolute atomic E-state index is 0.0511. The highest BCUT2D eigenvalue weighted by Crippen LogP contribution is 2.45. The average Bonchev–Trinajstić information content (AvgIpc) is 4.16. The Hall–Kier alpha value is -6.38. The Morgan fingerprint density at radius 1 is 0.450 bits per heavy atom. The Bertz CT molecular complexity index is 1930. The average molecular weight is 817 g/mol. The molecular weight excluding hydrogens is 769 g/mol. The molecular formula is C46H48N4O10. The van der Waals surface area contributed by atoms with Crippen LogP contribution in [0.1, 0.15) is 85.5 Å². The van der Waals surface area contributed by atoms with Gasteiger partial charge in [-0.25, -0.2) is 9.59 Å². The summed E-state index contributed by atoms with van der Waals surface area (Å²) in [4.78, 5) is 79.2. The normalized spacial score (nSPS) is 17.3. The molecule has 10 rings (SSSR count). The summed E-state index contributed by atoms with van der Waals surface area (Å²) >= 11 is 0. The summed E-state index contributed by atoms with van der Waals surface area (Å²) in [5.74, 6) is -2.33. The van der Waals surface area contributed by atoms with Crippen LogP contribution in [-0.2, 0) is 38.3 Å². The molecule has 4 saturated heterocycles. The van der Waals surface area contributed by atoms with Crippen LogP contribution in [0.4, 0.5) is 9.59 Å². The van der Waals surface area contributed by atoms with Crippen molar-refractivity contribution in [1.29, 1.82) is 0 Å². The molecule has 0 atom stereocenters. The van der Waals surface area contributed by atoms with Crippen molar-refractivity contribution >= 4 is 35.9 Å². The van der Waals surface area contributed by atoms with Crippen molar-refractivity contribution in [2.75, 3.05) is 39.4 Å². The van der Waals surface area contributed by atoms with E-state index in [0.29, 0.717) is 10.1 Å². The maximum atomic E-state index is 11.9. The molecule has 14 nitrogen and oxygen atoms in total. The first-order chi connectivity index (χ1) is 29.3. The second kappa shape index (κ2) is 20.1. The number of amides is 4. The number of nitrogens with zero attached hydrogens (tertiary/aromatic N) is 2. The molecule has 0 radical (unpaired) electrons. The van der Waals surface area contributed by atoms with E-state index in [1.54, 1.807) is 0 Å². The highest BCUT2D eigenvalue weighted by atomic mass is 16.8. The van der Waals surface area contributed by atoms with Crippen molar-refractivity contribution in [2.24, 2.45) is 0 Å². The molecule has 0 bridgehead atoms. The van der Waals surface area contributed by atoms with Crippen molar-refractivity contribution in [1.82, 2.24) is 20.8 Å². The summed E-state index contributed by atoms with van der Waals surface area (Å²) < 4.78 is 10.4. The lowest BCUT2D eigenvalue weighted by atomic mass is 9.98. The predicted molar refractivity (Wildman–Crippen MR) is 219 cm³/mol. The van der Waals surface area contributed by atoms with E-state index in [-0.39, 0.29) is 50.7 Å². The molecule has 0 saturated carbocycles. The lowest BCUT2D eigenvalue weighted by molar-refractivity contribution is -0.177. The van der Waals surface area contributed by atoms with Gasteiger partial charge in [-0.1, -0.05) is 107 Å². The zero-order valence-corrected chi connectivity index (χ0v) is 33.3. The maximum absolute atomic E-state index is 11.9. The molecule has 0 unspecified atom stereocenters. The van der Waals surface area contributed by atoms with Gasteiger partial charge in [-0.05, 0) is 96.4 Å². The van der Waals surface area contributed by atoms with E-state index in [1.807, 2.05) is 97.1 Å². The largest absolute Gasteiger partial charge is 0.533 e. The topological polar surface area (TPSA) is 170 Å². The van der Waals surface area contributed by atoms with Gasteiger partial charge in [-0.2, -0.15) is 0 Å². The van der Waals surface area contributed by atoms with Gasteiger partial charge in [0.05, 0.1) is 0 Å². The molecule has 6 aliphatic rings. The second-order valence-corrected chi connectivity index (χ2v) is 14.8. The lowest BCUT2D eigenvalue weighted by Gasteiger charge is -2.16. The number of ether oxygens (including phenoxy) is 2. The highest BCUT2D eigenvalue weighted by molar-refractivity contribution is 6.02. The maximum Gasteiger partial charge on any atom is 0.533 e. The Kier molecular flexibility index (Phi) is 14.0. The lowest BCUT2D eigenvalue weighted by Crippen LogP contribution is -2.32. The summed E-state index contributed by atoms with van der Waals surface area (Å²) in [6.45, 7) is 5.15. The minimum Gasteiger partial charge on any atom is -0.432 e. The van der Waals surface area contributed by atoms with Gasteiger partial charge in [0, 0.05) is 37.5 Å². The Balaban J connectivity index is 0.000000147. The quantitative estimate of drug-likeness (QED) is 0.155. The fourth-order valence-corrected chi connectivity index (χ4v) is 7.95. The number of hydroxylamine groups is 4. The van der Waals surface area contributed by atoms with Crippen LogP contribution in [-0.4, -0.2) is 85.5 Å². The Morgan fingerprint density at radius 2 is 0.717 bits per heavy atom. The monoisotopic (exact) mass is 816 g/mol. The van der Waals surface area contributed by atoms with Gasteiger partial charge < -0.3 is 20.1 Å². The van der Waals surface area contributed by atoms with E-state index in [1.165, 1.54) is 51.9 Å². The van der Waals surface area contributed by atoms with Crippen LogP contribution in [0.15, 0.2) is 97.1 Å². The van der Waals surface area contributed by atoms with Crippen LogP contribution in [0.25, 0.3) is 22.3 Å². The van der Waals surface area contributed by atoms with Gasteiger partial charge in [0.25, 0.3) is 23.6 Å². The predicted octanol–water partition coefficient (Wildman–Crippen LogP) is 6.77. The smallest absolute Gasteiger partial charge is 0.432 e. The van der Waals surface area contributed by atoms with E-state index in [4.69, 9.17) is 19.1 Å². The fourth-order valence-electron chi connectivity index (χ4n) is 7.95. The number of imide groups is 2. The molecule has 2 aliphatic carbocycles. The van der Waals surface area contributed by atoms with E-state index < -0.39 is 35.9 Å². The molecule has 14 heteroatoms. The first-order valence-electron chi connectivity index (χ1n) is 20.5. The van der Waals surface area contributed by atoms with E-state index >= 15 is 0 Å². The number of hydrogen-bond donors (Lipinski definition) is 2. The molecule has 2 N–H and O–H groups in total. The van der Waals surface area contributed by atoms with Gasteiger partial charge >= 0.3 is 12.3 Å². The molecule has 4 aromatic rings. The molecule has 312 valence electrons. The molecule has 4 amide bonds. The van der Waals surface area contributed by atoms with Crippen LogP contribution in [0.2, 0.25) is 0 Å². The third kappa shape index (κ3) is 9.89. The standard InChI is InChI=1S/2C19H15NO5.2C4H9N/c2*21-17-9-10-18(22)20(17)25-19(23)24-11-16-14-7-3-1-5-12(14)13-6-2-4-8-15(13)16;2*1-2-4-5-3-1/h2*1-8,16H,9-11H2;2*5H,1-4H2. The van der Waals surface area contributed by atoms with Crippen LogP contribution >= 0.6 is 0 Å². The van der Waals surface area contributed by atoms with E-state index in [9.17, 15) is 28.8 Å².